The number of carbonyl (C=O) groups is 2. The number of aryl methyl sites for hydroxylation is 1. The Morgan fingerprint density at radius 3 is 2.33 bits per heavy atom. The molecule has 0 saturated heterocycles. The van der Waals surface area contributed by atoms with E-state index in [1.54, 1.807) is 28.9 Å². The van der Waals surface area contributed by atoms with Crippen LogP contribution in [0.2, 0.25) is 5.02 Å². The Morgan fingerprint density at radius 2 is 1.72 bits per heavy atom. The van der Waals surface area contributed by atoms with Gasteiger partial charge in [0.15, 0.2) is 0 Å². The van der Waals surface area contributed by atoms with Crippen molar-refractivity contribution in [3.63, 3.8) is 0 Å². The fourth-order valence-corrected chi connectivity index (χ4v) is 4.10. The van der Waals surface area contributed by atoms with Crippen LogP contribution in [0.4, 0.5) is 5.69 Å². The molecule has 0 spiro atoms. The number of ether oxygens (including phenoxy) is 1. The molecule has 0 atom stereocenters. The molecule has 1 heterocycles. The summed E-state index contributed by atoms with van der Waals surface area (Å²) in [5, 5.41) is 8.25. The van der Waals surface area contributed by atoms with Crippen molar-refractivity contribution in [2.24, 2.45) is 5.92 Å². The van der Waals surface area contributed by atoms with Gasteiger partial charge in [-0.2, -0.15) is 9.78 Å². The number of carbonyl (C=O) groups excluding carboxylic acids is 2. The number of aromatic nitrogens is 2. The number of amides is 1. The van der Waals surface area contributed by atoms with E-state index in [4.69, 9.17) is 21.4 Å². The maximum absolute atomic E-state index is 12.6. The number of anilines is 1. The molecule has 1 amide bonds. The van der Waals surface area contributed by atoms with Crippen LogP contribution in [0.3, 0.4) is 0 Å². The Hall–Kier alpha value is -3.90. The summed E-state index contributed by atoms with van der Waals surface area (Å²) in [4.78, 5) is 24.7. The number of hydrogen-bond acceptors (Lipinski definition) is 4. The van der Waals surface area contributed by atoms with Gasteiger partial charge in [0.1, 0.15) is 0 Å². The van der Waals surface area contributed by atoms with Crippen LogP contribution in [0.15, 0.2) is 72.8 Å². The van der Waals surface area contributed by atoms with Crippen molar-refractivity contribution in [2.75, 3.05) is 5.32 Å². The molecule has 4 rings (SSSR count). The van der Waals surface area contributed by atoms with Crippen molar-refractivity contribution >= 4 is 29.2 Å². The fourth-order valence-electron chi connectivity index (χ4n) is 3.91. The summed E-state index contributed by atoms with van der Waals surface area (Å²) in [5.74, 6) is 0.0359. The monoisotopic (exact) mass is 501 g/mol. The smallest absolute Gasteiger partial charge is 0.309 e. The molecule has 0 saturated carbocycles. The fraction of sp³-hybridized carbons (Fsp3) is 0.207. The van der Waals surface area contributed by atoms with E-state index in [9.17, 15) is 9.59 Å². The van der Waals surface area contributed by atoms with Gasteiger partial charge in [0.25, 0.3) is 5.91 Å². The van der Waals surface area contributed by atoms with E-state index in [0.29, 0.717) is 34.5 Å². The Balaban J connectivity index is 1.73. The van der Waals surface area contributed by atoms with Crippen LogP contribution in [-0.2, 0) is 11.2 Å². The minimum Gasteiger partial charge on any atom is -0.407 e. The van der Waals surface area contributed by atoms with E-state index in [1.165, 1.54) is 6.92 Å². The van der Waals surface area contributed by atoms with Crippen molar-refractivity contribution in [1.82, 2.24) is 9.78 Å². The first-order valence-electron chi connectivity index (χ1n) is 11.8. The lowest BCUT2D eigenvalue weighted by molar-refractivity contribution is -0.132. The number of benzene rings is 3. The number of esters is 1. The van der Waals surface area contributed by atoms with Gasteiger partial charge in [0.2, 0.25) is 5.88 Å². The molecule has 7 heteroatoms. The zero-order valence-corrected chi connectivity index (χ0v) is 21.5. The number of halogens is 1. The van der Waals surface area contributed by atoms with Gasteiger partial charge in [-0.3, -0.25) is 9.59 Å². The highest BCUT2D eigenvalue weighted by Gasteiger charge is 2.24. The summed E-state index contributed by atoms with van der Waals surface area (Å²) in [6, 6.07) is 22.1. The molecule has 0 aliphatic rings. The van der Waals surface area contributed by atoms with Crippen LogP contribution >= 0.6 is 11.6 Å². The lowest BCUT2D eigenvalue weighted by atomic mass is 9.99. The van der Waals surface area contributed by atoms with Gasteiger partial charge >= 0.3 is 5.97 Å². The van der Waals surface area contributed by atoms with Gasteiger partial charge in [-0.1, -0.05) is 61.3 Å². The molecule has 3 aromatic carbocycles. The Labute approximate surface area is 215 Å². The lowest BCUT2D eigenvalue weighted by Gasteiger charge is -2.11. The SMILES string of the molecule is CC(=O)Oc1c(-c2ccc(NC(=O)c3cccc(Cl)c3)cc2)c(CC(C)C)nn1-c1ccc(C)cc1. The molecule has 0 aliphatic heterocycles. The highest BCUT2D eigenvalue weighted by Crippen LogP contribution is 2.37. The van der Waals surface area contributed by atoms with Gasteiger partial charge < -0.3 is 10.1 Å². The van der Waals surface area contributed by atoms with Crippen molar-refractivity contribution in [3.8, 4) is 22.7 Å². The molecule has 6 nitrogen and oxygen atoms in total. The first-order chi connectivity index (χ1) is 17.2. The van der Waals surface area contributed by atoms with E-state index >= 15 is 0 Å². The highest BCUT2D eigenvalue weighted by molar-refractivity contribution is 6.31. The largest absolute Gasteiger partial charge is 0.407 e. The maximum Gasteiger partial charge on any atom is 0.309 e. The molecular weight excluding hydrogens is 474 g/mol. The molecule has 0 unspecified atom stereocenters. The first kappa shape index (κ1) is 25.2. The summed E-state index contributed by atoms with van der Waals surface area (Å²) >= 11 is 6.01. The third kappa shape index (κ3) is 5.83. The third-order valence-corrected chi connectivity index (χ3v) is 5.79. The van der Waals surface area contributed by atoms with Crippen LogP contribution in [0, 0.1) is 12.8 Å². The molecule has 1 N–H and O–H groups in total. The molecule has 184 valence electrons. The Bertz CT molecular complexity index is 1390. The minimum absolute atomic E-state index is 0.251. The summed E-state index contributed by atoms with van der Waals surface area (Å²) in [7, 11) is 0. The second-order valence-electron chi connectivity index (χ2n) is 9.11. The molecule has 0 radical (unpaired) electrons. The number of nitrogens with zero attached hydrogens (tertiary/aromatic N) is 2. The molecule has 36 heavy (non-hydrogen) atoms. The second-order valence-corrected chi connectivity index (χ2v) is 9.54. The second kappa shape index (κ2) is 10.8. The number of hydrogen-bond donors (Lipinski definition) is 1. The average Bonchev–Trinajstić information content (AvgIpc) is 3.16. The van der Waals surface area contributed by atoms with Crippen LogP contribution in [-0.4, -0.2) is 21.7 Å². The van der Waals surface area contributed by atoms with E-state index in [-0.39, 0.29) is 5.91 Å². The van der Waals surface area contributed by atoms with E-state index in [2.05, 4.69) is 19.2 Å². The van der Waals surface area contributed by atoms with Gasteiger partial charge in [0, 0.05) is 23.2 Å². The predicted octanol–water partition coefficient (Wildman–Crippen LogP) is 6.88. The summed E-state index contributed by atoms with van der Waals surface area (Å²) < 4.78 is 7.40. The van der Waals surface area contributed by atoms with E-state index in [1.807, 2.05) is 55.5 Å². The van der Waals surface area contributed by atoms with Crippen molar-refractivity contribution < 1.29 is 14.3 Å². The summed E-state index contributed by atoms with van der Waals surface area (Å²) in [6.07, 6.45) is 0.704. The van der Waals surface area contributed by atoms with Crippen LogP contribution in [0.1, 0.15) is 42.4 Å². The lowest BCUT2D eigenvalue weighted by Crippen LogP contribution is -2.11. The summed E-state index contributed by atoms with van der Waals surface area (Å²) in [5.41, 5.74) is 5.46. The molecule has 4 aromatic rings. The third-order valence-electron chi connectivity index (χ3n) is 5.55. The normalized spacial score (nSPS) is 10.9. The zero-order valence-electron chi connectivity index (χ0n) is 20.7. The van der Waals surface area contributed by atoms with Crippen molar-refractivity contribution in [1.29, 1.82) is 0 Å². The van der Waals surface area contributed by atoms with Gasteiger partial charge in [-0.25, -0.2) is 0 Å². The predicted molar refractivity (Wildman–Crippen MR) is 143 cm³/mol. The van der Waals surface area contributed by atoms with Crippen LogP contribution in [0.5, 0.6) is 5.88 Å². The van der Waals surface area contributed by atoms with Crippen molar-refractivity contribution in [3.05, 3.63) is 94.6 Å². The van der Waals surface area contributed by atoms with Crippen molar-refractivity contribution in [2.45, 2.75) is 34.1 Å². The number of nitrogens with one attached hydrogen (secondary N) is 1. The topological polar surface area (TPSA) is 73.2 Å². The zero-order chi connectivity index (χ0) is 25.8. The van der Waals surface area contributed by atoms with Gasteiger partial charge in [0.05, 0.1) is 16.9 Å². The molecule has 0 fully saturated rings. The molecular formula is C29H28ClN3O3. The van der Waals surface area contributed by atoms with E-state index in [0.717, 1.165) is 28.1 Å². The minimum atomic E-state index is -0.425. The maximum atomic E-state index is 12.6. The van der Waals surface area contributed by atoms with Gasteiger partial charge in [-0.05, 0) is 67.3 Å². The molecule has 1 aromatic heterocycles. The van der Waals surface area contributed by atoms with Crippen LogP contribution < -0.4 is 10.1 Å². The average molecular weight is 502 g/mol. The van der Waals surface area contributed by atoms with Gasteiger partial charge in [-0.15, -0.1) is 0 Å². The first-order valence-corrected chi connectivity index (χ1v) is 12.1. The highest BCUT2D eigenvalue weighted by atomic mass is 35.5. The molecule has 0 aliphatic carbocycles. The Kier molecular flexibility index (Phi) is 7.55. The number of rotatable bonds is 7. The standard InChI is InChI=1S/C29H28ClN3O3/c1-18(2)16-26-27(29(36-20(4)34)33(32-26)25-14-8-19(3)9-15-25)21-10-12-24(13-11-21)31-28(35)22-6-5-7-23(30)17-22/h5-15,17-18H,16H2,1-4H3,(H,31,35). The quantitative estimate of drug-likeness (QED) is 0.280. The summed E-state index contributed by atoms with van der Waals surface area (Å²) in [6.45, 7) is 7.64. The Morgan fingerprint density at radius 1 is 1.03 bits per heavy atom. The van der Waals surface area contributed by atoms with Crippen LogP contribution in [0.25, 0.3) is 16.8 Å². The van der Waals surface area contributed by atoms with E-state index < -0.39 is 5.97 Å². The molecule has 0 bridgehead atoms.